The zero-order chi connectivity index (χ0) is 29.0. The lowest BCUT2D eigenvalue weighted by atomic mass is 10.0. The maximum Gasteiger partial charge on any atom is 0.138 e. The van der Waals surface area contributed by atoms with Crippen molar-refractivity contribution in [2.45, 2.75) is 0 Å². The third kappa shape index (κ3) is 3.71. The number of benzene rings is 5. The predicted octanol–water partition coefficient (Wildman–Crippen LogP) is 10.0. The lowest BCUT2D eigenvalue weighted by Crippen LogP contribution is -2.00. The van der Waals surface area contributed by atoms with Gasteiger partial charge in [-0.1, -0.05) is 115 Å². The fraction of sp³-hybridized carbons (Fsp3) is 0. The molecule has 206 valence electrons. The summed E-state index contributed by atoms with van der Waals surface area (Å²) in [6, 6.07) is 53.1. The van der Waals surface area contributed by atoms with Crippen LogP contribution in [0.5, 0.6) is 0 Å². The lowest BCUT2D eigenvalue weighted by Gasteiger charge is -2.13. The molecule has 0 unspecified atom stereocenters. The summed E-state index contributed by atoms with van der Waals surface area (Å²) < 4.78 is 4.64. The summed E-state index contributed by atoms with van der Waals surface area (Å²) in [5, 5.41) is 3.47. The van der Waals surface area contributed by atoms with Crippen molar-refractivity contribution in [3.63, 3.8) is 0 Å². The van der Waals surface area contributed by atoms with Crippen molar-refractivity contribution in [2.24, 2.45) is 0 Å². The van der Waals surface area contributed by atoms with Crippen molar-refractivity contribution < 1.29 is 0 Å². The summed E-state index contributed by atoms with van der Waals surface area (Å²) in [7, 11) is 0. The normalized spacial score (nSPS) is 11.6. The van der Waals surface area contributed by atoms with E-state index in [4.69, 9.17) is 9.97 Å². The van der Waals surface area contributed by atoms with Gasteiger partial charge < -0.3 is 4.57 Å². The zero-order valence-electron chi connectivity index (χ0n) is 23.8. The first-order valence-electron chi connectivity index (χ1n) is 14.9. The Labute approximate surface area is 254 Å². The second-order valence-corrected chi connectivity index (χ2v) is 11.1. The van der Waals surface area contributed by atoms with Crippen LogP contribution < -0.4 is 0 Å². The van der Waals surface area contributed by atoms with E-state index in [1.54, 1.807) is 0 Å². The highest BCUT2D eigenvalue weighted by atomic mass is 15.1. The molecule has 0 aliphatic carbocycles. The first kappa shape index (κ1) is 24.6. The van der Waals surface area contributed by atoms with Gasteiger partial charge in [0.1, 0.15) is 5.82 Å². The molecule has 0 spiro atoms. The van der Waals surface area contributed by atoms with Crippen molar-refractivity contribution in [1.82, 2.24) is 19.1 Å². The van der Waals surface area contributed by atoms with Crippen LogP contribution in [0.25, 0.3) is 77.6 Å². The van der Waals surface area contributed by atoms with E-state index in [0.717, 1.165) is 66.9 Å². The van der Waals surface area contributed by atoms with E-state index in [-0.39, 0.29) is 0 Å². The van der Waals surface area contributed by atoms with E-state index in [1.165, 1.54) is 10.8 Å². The summed E-state index contributed by atoms with van der Waals surface area (Å²) in [6.07, 6.45) is 2.03. The summed E-state index contributed by atoms with van der Waals surface area (Å²) in [5.74, 6) is 0.861. The molecule has 0 N–H and O–H groups in total. The van der Waals surface area contributed by atoms with Crippen LogP contribution >= 0.6 is 0 Å². The minimum absolute atomic E-state index is 0.861. The van der Waals surface area contributed by atoms with Gasteiger partial charge in [0.05, 0.1) is 39.5 Å². The number of hydrogen-bond donors (Lipinski definition) is 0. The number of hydrogen-bond acceptors (Lipinski definition) is 2. The molecule has 4 nitrogen and oxygen atoms in total. The third-order valence-corrected chi connectivity index (χ3v) is 8.54. The van der Waals surface area contributed by atoms with Crippen molar-refractivity contribution >= 4 is 43.7 Å². The average molecular weight is 563 g/mol. The Bertz CT molecular complexity index is 2420. The molecule has 0 aliphatic rings. The summed E-state index contributed by atoms with van der Waals surface area (Å²) in [4.78, 5) is 10.5. The molecule has 4 heteroatoms. The maximum absolute atomic E-state index is 5.30. The molecule has 0 bridgehead atoms. The quantitative estimate of drug-likeness (QED) is 0.214. The molecule has 44 heavy (non-hydrogen) atoms. The van der Waals surface area contributed by atoms with Crippen LogP contribution in [0.15, 0.2) is 158 Å². The molecular formula is C40H26N4. The van der Waals surface area contributed by atoms with Crippen LogP contribution in [-0.2, 0) is 0 Å². The molecule has 5 aromatic carbocycles. The summed E-state index contributed by atoms with van der Waals surface area (Å²) in [5.41, 5.74) is 10.8. The van der Waals surface area contributed by atoms with E-state index in [0.29, 0.717) is 0 Å². The molecular weight excluding hydrogens is 536 g/mol. The fourth-order valence-electron chi connectivity index (χ4n) is 6.62. The van der Waals surface area contributed by atoms with Gasteiger partial charge in [-0.3, -0.25) is 9.55 Å². The molecule has 9 rings (SSSR count). The van der Waals surface area contributed by atoms with Crippen molar-refractivity contribution in [3.05, 3.63) is 158 Å². The highest BCUT2D eigenvalue weighted by Crippen LogP contribution is 2.41. The number of fused-ring (bicyclic) bond motifs is 7. The number of aromatic nitrogens is 4. The highest BCUT2D eigenvalue weighted by Gasteiger charge is 2.22. The van der Waals surface area contributed by atoms with Crippen molar-refractivity contribution in [2.75, 3.05) is 0 Å². The third-order valence-electron chi connectivity index (χ3n) is 8.54. The largest absolute Gasteiger partial charge is 0.307 e. The Balaban J connectivity index is 1.43. The topological polar surface area (TPSA) is 35.6 Å². The number of pyridine rings is 2. The molecule has 0 amide bonds. The first-order chi connectivity index (χ1) is 21.8. The predicted molar refractivity (Wildman–Crippen MR) is 182 cm³/mol. The number of para-hydroxylation sites is 3. The molecule has 4 heterocycles. The molecule has 0 fully saturated rings. The van der Waals surface area contributed by atoms with E-state index in [9.17, 15) is 0 Å². The first-order valence-corrected chi connectivity index (χ1v) is 14.9. The van der Waals surface area contributed by atoms with Gasteiger partial charge in [0, 0.05) is 27.4 Å². The van der Waals surface area contributed by atoms with Crippen LogP contribution in [0.4, 0.5) is 0 Å². The van der Waals surface area contributed by atoms with Gasteiger partial charge in [-0.05, 0) is 47.5 Å². The van der Waals surface area contributed by atoms with Crippen molar-refractivity contribution in [3.8, 4) is 33.9 Å². The second kappa shape index (κ2) is 9.79. The minimum atomic E-state index is 0.861. The van der Waals surface area contributed by atoms with Crippen molar-refractivity contribution in [1.29, 1.82) is 0 Å². The van der Waals surface area contributed by atoms with Crippen LogP contribution in [0.1, 0.15) is 0 Å². The number of rotatable bonds is 4. The average Bonchev–Trinajstić information content (AvgIpc) is 3.62. The Morgan fingerprint density at radius 1 is 0.455 bits per heavy atom. The molecule has 0 radical (unpaired) electrons. The monoisotopic (exact) mass is 562 g/mol. The SMILES string of the molecule is c1ccc(-c2cc(-c3ccccc3)nc(-n3c4ccccc4c4c3cnc3c5ccccc5n(-c5ccccc5)c34)c2)cc1. The standard InChI is InChI=1S/C40H26N4/c1-4-14-27(15-5-1)29-24-33(28-16-6-2-7-17-28)42-37(25-29)44-34-22-12-10-20-31(34)38-36(44)26-41-39-32-21-11-13-23-35(32)43(40(38)39)30-18-8-3-9-19-30/h1-26H. The molecule has 0 aliphatic heterocycles. The zero-order valence-corrected chi connectivity index (χ0v) is 23.8. The van der Waals surface area contributed by atoms with Gasteiger partial charge in [0.25, 0.3) is 0 Å². The molecule has 9 aromatic rings. The maximum atomic E-state index is 5.30. The molecule has 0 atom stereocenters. The minimum Gasteiger partial charge on any atom is -0.307 e. The smallest absolute Gasteiger partial charge is 0.138 e. The second-order valence-electron chi connectivity index (χ2n) is 11.1. The van der Waals surface area contributed by atoms with Crippen LogP contribution in [0.2, 0.25) is 0 Å². The van der Waals surface area contributed by atoms with E-state index in [2.05, 4.69) is 155 Å². The Kier molecular flexibility index (Phi) is 5.47. The Morgan fingerprint density at radius 3 is 1.77 bits per heavy atom. The van der Waals surface area contributed by atoms with Crippen LogP contribution in [-0.4, -0.2) is 19.1 Å². The Hall–Kier alpha value is -6.00. The van der Waals surface area contributed by atoms with Gasteiger partial charge >= 0.3 is 0 Å². The summed E-state index contributed by atoms with van der Waals surface area (Å²) >= 11 is 0. The van der Waals surface area contributed by atoms with Gasteiger partial charge in [0.2, 0.25) is 0 Å². The summed E-state index contributed by atoms with van der Waals surface area (Å²) in [6.45, 7) is 0. The van der Waals surface area contributed by atoms with Gasteiger partial charge in [-0.15, -0.1) is 0 Å². The highest BCUT2D eigenvalue weighted by molar-refractivity contribution is 6.24. The number of nitrogens with zero attached hydrogens (tertiary/aromatic N) is 4. The molecule has 4 aromatic heterocycles. The van der Waals surface area contributed by atoms with Crippen LogP contribution in [0.3, 0.4) is 0 Å². The van der Waals surface area contributed by atoms with Gasteiger partial charge in [-0.2, -0.15) is 0 Å². The molecule has 0 saturated carbocycles. The fourth-order valence-corrected chi connectivity index (χ4v) is 6.62. The molecule has 0 saturated heterocycles. The van der Waals surface area contributed by atoms with E-state index < -0.39 is 0 Å². The van der Waals surface area contributed by atoms with Crippen LogP contribution in [0, 0.1) is 0 Å². The van der Waals surface area contributed by atoms with E-state index >= 15 is 0 Å². The van der Waals surface area contributed by atoms with Gasteiger partial charge in [-0.25, -0.2) is 4.98 Å². The lowest BCUT2D eigenvalue weighted by molar-refractivity contribution is 1.08. The Morgan fingerprint density at radius 2 is 1.05 bits per heavy atom. The van der Waals surface area contributed by atoms with E-state index in [1.807, 2.05) is 12.3 Å². The van der Waals surface area contributed by atoms with Gasteiger partial charge in [0.15, 0.2) is 0 Å².